The molecule has 2 aromatic heterocycles. The Bertz CT molecular complexity index is 394. The van der Waals surface area contributed by atoms with E-state index in [9.17, 15) is 0 Å². The van der Waals surface area contributed by atoms with Crippen LogP contribution < -0.4 is 5.73 Å². The summed E-state index contributed by atoms with van der Waals surface area (Å²) in [5, 5.41) is 12.0. The quantitative estimate of drug-likeness (QED) is 0.746. The first kappa shape index (κ1) is 9.85. The zero-order valence-corrected chi connectivity index (χ0v) is 8.33. The minimum atomic E-state index is 0.522. The standard InChI is InChI=1S/C9H13N5O/c10-5-6-14-12-9(11-13-14)4-3-8-2-1-7-15-8/h1-2,7H,3-6,10H2. The van der Waals surface area contributed by atoms with Gasteiger partial charge in [-0.3, -0.25) is 0 Å². The van der Waals surface area contributed by atoms with Gasteiger partial charge in [0, 0.05) is 19.4 Å². The van der Waals surface area contributed by atoms with Crippen molar-refractivity contribution >= 4 is 0 Å². The smallest absolute Gasteiger partial charge is 0.175 e. The van der Waals surface area contributed by atoms with Crippen LogP contribution >= 0.6 is 0 Å². The molecule has 0 aliphatic carbocycles. The van der Waals surface area contributed by atoms with Gasteiger partial charge in [0.2, 0.25) is 0 Å². The highest BCUT2D eigenvalue weighted by Crippen LogP contribution is 2.03. The molecule has 0 unspecified atom stereocenters. The summed E-state index contributed by atoms with van der Waals surface area (Å²) in [4.78, 5) is 1.51. The molecule has 2 heterocycles. The average Bonchev–Trinajstić information content (AvgIpc) is 2.85. The molecular formula is C9H13N5O. The molecule has 0 radical (unpaired) electrons. The second-order valence-corrected chi connectivity index (χ2v) is 3.17. The van der Waals surface area contributed by atoms with Crippen molar-refractivity contribution in [2.24, 2.45) is 5.73 Å². The Morgan fingerprint density at radius 2 is 2.33 bits per heavy atom. The van der Waals surface area contributed by atoms with Gasteiger partial charge >= 0.3 is 0 Å². The highest BCUT2D eigenvalue weighted by molar-refractivity contribution is 4.99. The van der Waals surface area contributed by atoms with E-state index in [0.717, 1.165) is 24.4 Å². The molecule has 15 heavy (non-hydrogen) atoms. The number of tetrazole rings is 1. The molecule has 0 fully saturated rings. The van der Waals surface area contributed by atoms with Crippen molar-refractivity contribution in [2.45, 2.75) is 19.4 Å². The van der Waals surface area contributed by atoms with Crippen molar-refractivity contribution in [1.29, 1.82) is 0 Å². The van der Waals surface area contributed by atoms with Crippen LogP contribution in [0.25, 0.3) is 0 Å². The van der Waals surface area contributed by atoms with Crippen molar-refractivity contribution in [1.82, 2.24) is 20.2 Å². The van der Waals surface area contributed by atoms with Crippen LogP contribution in [0.1, 0.15) is 11.6 Å². The zero-order chi connectivity index (χ0) is 10.5. The number of hydrogen-bond donors (Lipinski definition) is 1. The molecule has 0 aliphatic rings. The first-order valence-corrected chi connectivity index (χ1v) is 4.87. The Kier molecular flexibility index (Phi) is 3.08. The molecule has 0 saturated carbocycles. The summed E-state index contributed by atoms with van der Waals surface area (Å²) in [6.07, 6.45) is 3.19. The van der Waals surface area contributed by atoms with Gasteiger partial charge in [0.25, 0.3) is 0 Å². The molecule has 2 aromatic rings. The summed E-state index contributed by atoms with van der Waals surface area (Å²) in [5.74, 6) is 1.66. The molecule has 6 heteroatoms. The van der Waals surface area contributed by atoms with Gasteiger partial charge in [0.1, 0.15) is 5.76 Å². The van der Waals surface area contributed by atoms with E-state index in [-0.39, 0.29) is 0 Å². The second-order valence-electron chi connectivity index (χ2n) is 3.17. The van der Waals surface area contributed by atoms with Crippen LogP contribution in [-0.4, -0.2) is 26.8 Å². The predicted molar refractivity (Wildman–Crippen MR) is 53.0 cm³/mol. The first-order valence-electron chi connectivity index (χ1n) is 4.87. The van der Waals surface area contributed by atoms with E-state index in [1.54, 1.807) is 6.26 Å². The van der Waals surface area contributed by atoms with Crippen molar-refractivity contribution in [3.8, 4) is 0 Å². The summed E-state index contributed by atoms with van der Waals surface area (Å²) in [7, 11) is 0. The number of furan rings is 1. The van der Waals surface area contributed by atoms with E-state index >= 15 is 0 Å². The molecule has 2 N–H and O–H groups in total. The van der Waals surface area contributed by atoms with Gasteiger partial charge in [-0.1, -0.05) is 0 Å². The Labute approximate surface area is 87.1 Å². The van der Waals surface area contributed by atoms with Gasteiger partial charge in [-0.25, -0.2) is 0 Å². The highest BCUT2D eigenvalue weighted by Gasteiger charge is 2.03. The van der Waals surface area contributed by atoms with Crippen LogP contribution in [0.15, 0.2) is 22.8 Å². The summed E-state index contributed by atoms with van der Waals surface area (Å²) >= 11 is 0. The number of nitrogens with two attached hydrogens (primary N) is 1. The molecule has 0 bridgehead atoms. The maximum absolute atomic E-state index is 5.38. The van der Waals surface area contributed by atoms with Crippen LogP contribution in [0.2, 0.25) is 0 Å². The monoisotopic (exact) mass is 207 g/mol. The zero-order valence-electron chi connectivity index (χ0n) is 8.33. The summed E-state index contributed by atoms with van der Waals surface area (Å²) in [6.45, 7) is 1.13. The Morgan fingerprint density at radius 1 is 1.40 bits per heavy atom. The number of aromatic nitrogens is 4. The summed E-state index contributed by atoms with van der Waals surface area (Å²) in [6, 6.07) is 3.80. The van der Waals surface area contributed by atoms with Crippen molar-refractivity contribution in [2.75, 3.05) is 6.54 Å². The van der Waals surface area contributed by atoms with Gasteiger partial charge in [0.15, 0.2) is 5.82 Å². The van der Waals surface area contributed by atoms with E-state index < -0.39 is 0 Å². The van der Waals surface area contributed by atoms with E-state index in [0.29, 0.717) is 13.1 Å². The molecule has 0 spiro atoms. The van der Waals surface area contributed by atoms with Crippen LogP contribution in [0.4, 0.5) is 0 Å². The minimum absolute atomic E-state index is 0.522. The number of rotatable bonds is 5. The van der Waals surface area contributed by atoms with Gasteiger partial charge < -0.3 is 10.2 Å². The lowest BCUT2D eigenvalue weighted by atomic mass is 10.2. The van der Waals surface area contributed by atoms with Crippen molar-refractivity contribution < 1.29 is 4.42 Å². The SMILES string of the molecule is NCCn1nnc(CCc2ccco2)n1. The topological polar surface area (TPSA) is 82.8 Å². The highest BCUT2D eigenvalue weighted by atomic mass is 16.3. The first-order chi connectivity index (χ1) is 7.38. The van der Waals surface area contributed by atoms with Crippen LogP contribution in [0, 0.1) is 0 Å². The molecule has 0 saturated heterocycles. The second kappa shape index (κ2) is 4.70. The molecule has 2 rings (SSSR count). The van der Waals surface area contributed by atoms with Crippen LogP contribution in [0.5, 0.6) is 0 Å². The van der Waals surface area contributed by atoms with Gasteiger partial charge in [-0.05, 0) is 17.3 Å². The van der Waals surface area contributed by atoms with E-state index in [4.69, 9.17) is 10.2 Å². The molecular weight excluding hydrogens is 194 g/mol. The fourth-order valence-electron chi connectivity index (χ4n) is 1.28. The van der Waals surface area contributed by atoms with Gasteiger partial charge in [0.05, 0.1) is 12.8 Å². The third-order valence-corrected chi connectivity index (χ3v) is 2.00. The molecule has 0 aromatic carbocycles. The Morgan fingerprint density at radius 3 is 3.07 bits per heavy atom. The number of aryl methyl sites for hydroxylation is 2. The van der Waals surface area contributed by atoms with Crippen molar-refractivity contribution in [3.63, 3.8) is 0 Å². The minimum Gasteiger partial charge on any atom is -0.469 e. The summed E-state index contributed by atoms with van der Waals surface area (Å²) < 4.78 is 5.21. The van der Waals surface area contributed by atoms with Crippen molar-refractivity contribution in [3.05, 3.63) is 30.0 Å². The lowest BCUT2D eigenvalue weighted by Crippen LogP contribution is -2.12. The Balaban J connectivity index is 1.88. The number of hydrogen-bond acceptors (Lipinski definition) is 5. The third-order valence-electron chi connectivity index (χ3n) is 2.00. The molecule has 0 aliphatic heterocycles. The van der Waals surface area contributed by atoms with E-state index in [1.807, 2.05) is 12.1 Å². The Hall–Kier alpha value is -1.69. The lowest BCUT2D eigenvalue weighted by Gasteiger charge is -1.92. The third kappa shape index (κ3) is 2.63. The maximum atomic E-state index is 5.38. The van der Waals surface area contributed by atoms with Gasteiger partial charge in [-0.15, -0.1) is 10.2 Å². The average molecular weight is 207 g/mol. The predicted octanol–water partition coefficient (Wildman–Crippen LogP) is 0.01000. The van der Waals surface area contributed by atoms with Gasteiger partial charge in [-0.2, -0.15) is 4.80 Å². The molecule has 0 atom stereocenters. The molecule has 80 valence electrons. The normalized spacial score (nSPS) is 10.7. The number of nitrogens with zero attached hydrogens (tertiary/aromatic N) is 4. The fourth-order valence-corrected chi connectivity index (χ4v) is 1.28. The maximum Gasteiger partial charge on any atom is 0.175 e. The van der Waals surface area contributed by atoms with Crippen LogP contribution in [-0.2, 0) is 19.4 Å². The lowest BCUT2D eigenvalue weighted by molar-refractivity contribution is 0.504. The van der Waals surface area contributed by atoms with E-state index in [2.05, 4.69) is 15.4 Å². The summed E-state index contributed by atoms with van der Waals surface area (Å²) in [5.41, 5.74) is 5.38. The van der Waals surface area contributed by atoms with Crippen LogP contribution in [0.3, 0.4) is 0 Å². The largest absolute Gasteiger partial charge is 0.469 e. The molecule has 6 nitrogen and oxygen atoms in total. The fraction of sp³-hybridized carbons (Fsp3) is 0.444. The van der Waals surface area contributed by atoms with E-state index in [1.165, 1.54) is 4.80 Å². The molecule has 0 amide bonds.